The molecular formula is C11H10F3N3O. The summed E-state index contributed by atoms with van der Waals surface area (Å²) in [6.07, 6.45) is -4.45. The summed E-state index contributed by atoms with van der Waals surface area (Å²) in [6, 6.07) is 4.45. The molecule has 0 fully saturated rings. The summed E-state index contributed by atoms with van der Waals surface area (Å²) < 4.78 is 38.6. The zero-order valence-corrected chi connectivity index (χ0v) is 9.38. The van der Waals surface area contributed by atoms with Crippen LogP contribution in [-0.4, -0.2) is 9.78 Å². The van der Waals surface area contributed by atoms with Crippen LogP contribution in [0.15, 0.2) is 29.1 Å². The highest BCUT2D eigenvalue weighted by Crippen LogP contribution is 2.30. The van der Waals surface area contributed by atoms with Crippen molar-refractivity contribution in [3.05, 3.63) is 45.9 Å². The Morgan fingerprint density at radius 1 is 1.33 bits per heavy atom. The molecule has 4 nitrogen and oxygen atoms in total. The number of anilines is 1. The van der Waals surface area contributed by atoms with Crippen molar-refractivity contribution in [2.24, 2.45) is 0 Å². The number of hydrogen-bond donors (Lipinski definition) is 2. The number of hydrogen-bond acceptors (Lipinski definition) is 2. The molecule has 96 valence electrons. The number of nitrogens with zero attached hydrogens (tertiary/aromatic N) is 1. The Labute approximate surface area is 99.8 Å². The molecule has 1 heterocycles. The first kappa shape index (κ1) is 12.3. The van der Waals surface area contributed by atoms with Gasteiger partial charge in [-0.25, -0.2) is 4.68 Å². The molecular weight excluding hydrogens is 247 g/mol. The molecule has 7 heteroatoms. The zero-order valence-electron chi connectivity index (χ0n) is 9.38. The summed E-state index contributed by atoms with van der Waals surface area (Å²) in [4.78, 5) is 11.7. The van der Waals surface area contributed by atoms with Gasteiger partial charge in [0.05, 0.1) is 16.9 Å². The molecule has 3 N–H and O–H groups in total. The van der Waals surface area contributed by atoms with Gasteiger partial charge in [-0.05, 0) is 25.1 Å². The second kappa shape index (κ2) is 3.94. The molecule has 0 atom stereocenters. The highest BCUT2D eigenvalue weighted by molar-refractivity contribution is 5.44. The normalized spacial score (nSPS) is 11.8. The zero-order chi connectivity index (χ0) is 13.5. The Morgan fingerprint density at radius 3 is 2.50 bits per heavy atom. The average molecular weight is 257 g/mol. The molecule has 0 radical (unpaired) electrons. The Morgan fingerprint density at radius 2 is 2.00 bits per heavy atom. The lowest BCUT2D eigenvalue weighted by atomic mass is 10.2. The molecule has 0 saturated heterocycles. The summed E-state index contributed by atoms with van der Waals surface area (Å²) >= 11 is 0. The Hall–Kier alpha value is -2.18. The number of benzene rings is 1. The Bertz CT molecular complexity index is 640. The maximum atomic E-state index is 12.5. The molecule has 0 bridgehead atoms. The largest absolute Gasteiger partial charge is 0.416 e. The van der Waals surface area contributed by atoms with E-state index in [4.69, 9.17) is 5.73 Å². The molecule has 18 heavy (non-hydrogen) atoms. The van der Waals surface area contributed by atoms with Crippen LogP contribution in [0.4, 0.5) is 18.9 Å². The van der Waals surface area contributed by atoms with Crippen molar-refractivity contribution in [3.8, 4) is 5.69 Å². The maximum Gasteiger partial charge on any atom is 0.416 e. The fourth-order valence-electron chi connectivity index (χ4n) is 1.56. The van der Waals surface area contributed by atoms with Crippen molar-refractivity contribution >= 4 is 5.69 Å². The average Bonchev–Trinajstić information content (AvgIpc) is 2.56. The lowest BCUT2D eigenvalue weighted by Gasteiger charge is -2.08. The maximum absolute atomic E-state index is 12.5. The van der Waals surface area contributed by atoms with Gasteiger partial charge < -0.3 is 5.73 Å². The number of aromatic nitrogens is 2. The summed E-state index contributed by atoms with van der Waals surface area (Å²) in [5, 5.41) is 2.62. The molecule has 0 spiro atoms. The van der Waals surface area contributed by atoms with Crippen LogP contribution in [0.3, 0.4) is 0 Å². The molecule has 0 aliphatic heterocycles. The number of H-pyrrole nitrogens is 1. The number of rotatable bonds is 1. The van der Waals surface area contributed by atoms with E-state index in [2.05, 4.69) is 5.10 Å². The second-order valence-corrected chi connectivity index (χ2v) is 3.84. The number of nitrogen functional groups attached to an aromatic ring is 1. The van der Waals surface area contributed by atoms with E-state index >= 15 is 0 Å². The first-order valence-electron chi connectivity index (χ1n) is 5.05. The SMILES string of the molecule is Cc1[nH]n(-c2cccc(C(F)(F)F)c2)c(=O)c1N. The standard InChI is InChI=1S/C11H10F3N3O/c1-6-9(15)10(18)17(16-6)8-4-2-3-7(5-8)11(12,13)14/h2-5,16H,15H2,1H3. The number of nitrogens with two attached hydrogens (primary N) is 1. The number of alkyl halides is 3. The predicted octanol–water partition coefficient (Wildman–Crippen LogP) is 2.08. The van der Waals surface area contributed by atoms with Gasteiger partial charge in [0.1, 0.15) is 5.69 Å². The Balaban J connectivity index is 2.59. The van der Waals surface area contributed by atoms with Crippen molar-refractivity contribution in [1.29, 1.82) is 0 Å². The van der Waals surface area contributed by atoms with Crippen molar-refractivity contribution in [2.75, 3.05) is 5.73 Å². The fourth-order valence-corrected chi connectivity index (χ4v) is 1.56. The van der Waals surface area contributed by atoms with Crippen LogP contribution < -0.4 is 11.3 Å². The molecule has 0 unspecified atom stereocenters. The minimum absolute atomic E-state index is 0.00703. The Kier molecular flexibility index (Phi) is 2.68. The van der Waals surface area contributed by atoms with Crippen LogP contribution in [0.25, 0.3) is 5.69 Å². The first-order valence-corrected chi connectivity index (χ1v) is 5.05. The van der Waals surface area contributed by atoms with Gasteiger partial charge in [0, 0.05) is 0 Å². The van der Waals surface area contributed by atoms with E-state index < -0.39 is 17.3 Å². The van der Waals surface area contributed by atoms with E-state index in [-0.39, 0.29) is 11.4 Å². The third-order valence-electron chi connectivity index (χ3n) is 2.55. The van der Waals surface area contributed by atoms with Gasteiger partial charge in [0.2, 0.25) is 0 Å². The van der Waals surface area contributed by atoms with Crippen molar-refractivity contribution in [3.63, 3.8) is 0 Å². The number of halogens is 3. The molecule has 2 aromatic rings. The van der Waals surface area contributed by atoms with E-state index in [0.29, 0.717) is 5.69 Å². The highest BCUT2D eigenvalue weighted by Gasteiger charge is 2.30. The quantitative estimate of drug-likeness (QED) is 0.821. The van der Waals surface area contributed by atoms with Gasteiger partial charge in [0.15, 0.2) is 0 Å². The van der Waals surface area contributed by atoms with Crippen molar-refractivity contribution in [1.82, 2.24) is 9.78 Å². The van der Waals surface area contributed by atoms with Crippen LogP contribution in [0.5, 0.6) is 0 Å². The molecule has 1 aromatic carbocycles. The summed E-state index contributed by atoms with van der Waals surface area (Å²) in [5.74, 6) is 0. The smallest absolute Gasteiger partial charge is 0.393 e. The molecule has 2 rings (SSSR count). The van der Waals surface area contributed by atoms with E-state index in [1.54, 1.807) is 6.92 Å². The van der Waals surface area contributed by atoms with Crippen LogP contribution in [0.2, 0.25) is 0 Å². The number of aryl methyl sites for hydroxylation is 1. The van der Waals surface area contributed by atoms with E-state index in [0.717, 1.165) is 16.8 Å². The van der Waals surface area contributed by atoms with Gasteiger partial charge >= 0.3 is 6.18 Å². The lowest BCUT2D eigenvalue weighted by molar-refractivity contribution is -0.137. The third kappa shape index (κ3) is 1.99. The highest BCUT2D eigenvalue weighted by atomic mass is 19.4. The molecule has 1 aromatic heterocycles. The minimum atomic E-state index is -4.45. The first-order chi connectivity index (χ1) is 8.30. The van der Waals surface area contributed by atoms with E-state index in [1.807, 2.05) is 0 Å². The summed E-state index contributed by atoms with van der Waals surface area (Å²) in [5.41, 5.74) is 4.59. The number of aromatic amines is 1. The summed E-state index contributed by atoms with van der Waals surface area (Å²) in [7, 11) is 0. The number of nitrogens with one attached hydrogen (secondary N) is 1. The van der Waals surface area contributed by atoms with Crippen LogP contribution >= 0.6 is 0 Å². The molecule has 0 aliphatic carbocycles. The monoisotopic (exact) mass is 257 g/mol. The molecule has 0 aliphatic rings. The van der Waals surface area contributed by atoms with Crippen molar-refractivity contribution in [2.45, 2.75) is 13.1 Å². The minimum Gasteiger partial charge on any atom is -0.393 e. The summed E-state index contributed by atoms with van der Waals surface area (Å²) in [6.45, 7) is 1.57. The predicted molar refractivity (Wildman–Crippen MR) is 60.5 cm³/mol. The lowest BCUT2D eigenvalue weighted by Crippen LogP contribution is -2.17. The topological polar surface area (TPSA) is 63.8 Å². The van der Waals surface area contributed by atoms with Crippen LogP contribution in [0, 0.1) is 6.92 Å². The molecule has 0 amide bonds. The fraction of sp³-hybridized carbons (Fsp3) is 0.182. The van der Waals surface area contributed by atoms with Gasteiger partial charge in [-0.15, -0.1) is 0 Å². The van der Waals surface area contributed by atoms with Gasteiger partial charge in [-0.2, -0.15) is 13.2 Å². The van der Waals surface area contributed by atoms with Crippen LogP contribution in [-0.2, 0) is 6.18 Å². The molecule has 0 saturated carbocycles. The van der Waals surface area contributed by atoms with E-state index in [1.165, 1.54) is 12.1 Å². The van der Waals surface area contributed by atoms with Crippen molar-refractivity contribution < 1.29 is 13.2 Å². The van der Waals surface area contributed by atoms with Gasteiger partial charge in [-0.3, -0.25) is 9.89 Å². The van der Waals surface area contributed by atoms with Gasteiger partial charge in [0.25, 0.3) is 5.56 Å². The third-order valence-corrected chi connectivity index (χ3v) is 2.55. The second-order valence-electron chi connectivity index (χ2n) is 3.84. The van der Waals surface area contributed by atoms with Crippen LogP contribution in [0.1, 0.15) is 11.3 Å². The van der Waals surface area contributed by atoms with E-state index in [9.17, 15) is 18.0 Å². The van der Waals surface area contributed by atoms with Gasteiger partial charge in [-0.1, -0.05) is 6.07 Å².